The van der Waals surface area contributed by atoms with Gasteiger partial charge >= 0.3 is 0 Å². The Hall–Kier alpha value is -0.690. The molecule has 0 saturated carbocycles. The molecule has 1 amide bonds. The van der Waals surface area contributed by atoms with Gasteiger partial charge in [0.25, 0.3) is 5.91 Å². The SMILES string of the molecule is CCN(CC)C(=O)[C@@H]1O[C@H](CO)[C@@H](O)[C@@H]1O. The lowest BCUT2D eigenvalue weighted by Crippen LogP contribution is -2.45. The second-order valence-corrected chi connectivity index (χ2v) is 3.77. The summed E-state index contributed by atoms with van der Waals surface area (Å²) in [6.45, 7) is 4.26. The van der Waals surface area contributed by atoms with E-state index in [0.29, 0.717) is 13.1 Å². The number of aliphatic hydroxyl groups excluding tert-OH is 3. The van der Waals surface area contributed by atoms with Gasteiger partial charge in [-0.25, -0.2) is 0 Å². The zero-order valence-electron chi connectivity index (χ0n) is 9.54. The molecule has 0 aromatic heterocycles. The molecule has 3 N–H and O–H groups in total. The van der Waals surface area contributed by atoms with Crippen molar-refractivity contribution in [1.82, 2.24) is 4.90 Å². The first-order valence-electron chi connectivity index (χ1n) is 5.48. The van der Waals surface area contributed by atoms with Crippen molar-refractivity contribution in [3.05, 3.63) is 0 Å². The lowest BCUT2D eigenvalue weighted by atomic mass is 10.1. The van der Waals surface area contributed by atoms with Gasteiger partial charge < -0.3 is 25.0 Å². The van der Waals surface area contributed by atoms with Gasteiger partial charge in [0.2, 0.25) is 0 Å². The van der Waals surface area contributed by atoms with Crippen molar-refractivity contribution in [2.24, 2.45) is 0 Å². The van der Waals surface area contributed by atoms with Crippen molar-refractivity contribution in [3.8, 4) is 0 Å². The maximum Gasteiger partial charge on any atom is 0.254 e. The highest BCUT2D eigenvalue weighted by Gasteiger charge is 2.46. The smallest absolute Gasteiger partial charge is 0.254 e. The second-order valence-electron chi connectivity index (χ2n) is 3.77. The van der Waals surface area contributed by atoms with E-state index in [1.165, 1.54) is 4.90 Å². The van der Waals surface area contributed by atoms with Crippen LogP contribution in [-0.4, -0.2) is 70.2 Å². The summed E-state index contributed by atoms with van der Waals surface area (Å²) < 4.78 is 5.14. The number of ether oxygens (including phenoxy) is 1. The Balaban J connectivity index is 2.71. The van der Waals surface area contributed by atoms with Crippen LogP contribution in [0.5, 0.6) is 0 Å². The Bertz CT molecular complexity index is 243. The Kier molecular flexibility index (Phi) is 4.67. The molecule has 1 fully saturated rings. The first kappa shape index (κ1) is 13.4. The summed E-state index contributed by atoms with van der Waals surface area (Å²) in [6, 6.07) is 0. The Morgan fingerprint density at radius 3 is 2.19 bits per heavy atom. The molecule has 6 nitrogen and oxygen atoms in total. The highest BCUT2D eigenvalue weighted by atomic mass is 16.6. The molecule has 6 heteroatoms. The van der Waals surface area contributed by atoms with Crippen molar-refractivity contribution < 1.29 is 24.9 Å². The Labute approximate surface area is 94.4 Å². The highest BCUT2D eigenvalue weighted by molar-refractivity contribution is 5.82. The molecule has 0 aliphatic carbocycles. The van der Waals surface area contributed by atoms with Gasteiger partial charge in [0.05, 0.1) is 6.61 Å². The molecule has 0 aromatic carbocycles. The lowest BCUT2D eigenvalue weighted by molar-refractivity contribution is -0.147. The number of carbonyl (C=O) groups excluding carboxylic acids is 1. The van der Waals surface area contributed by atoms with Gasteiger partial charge in [-0.3, -0.25) is 4.79 Å². The van der Waals surface area contributed by atoms with Crippen LogP contribution in [0.4, 0.5) is 0 Å². The quantitative estimate of drug-likeness (QED) is 0.540. The fraction of sp³-hybridized carbons (Fsp3) is 0.900. The Morgan fingerprint density at radius 2 is 1.81 bits per heavy atom. The molecule has 94 valence electrons. The summed E-state index contributed by atoms with van der Waals surface area (Å²) in [5.41, 5.74) is 0. The minimum Gasteiger partial charge on any atom is -0.394 e. The molecule has 1 aliphatic heterocycles. The minimum atomic E-state index is -1.27. The highest BCUT2D eigenvalue weighted by Crippen LogP contribution is 2.22. The summed E-state index contributed by atoms with van der Waals surface area (Å²) in [7, 11) is 0. The van der Waals surface area contributed by atoms with Crippen LogP contribution in [0.15, 0.2) is 0 Å². The zero-order chi connectivity index (χ0) is 12.3. The summed E-state index contributed by atoms with van der Waals surface area (Å²) in [5, 5.41) is 28.0. The summed E-state index contributed by atoms with van der Waals surface area (Å²) in [6.07, 6.45) is -4.45. The number of amides is 1. The van der Waals surface area contributed by atoms with Crippen LogP contribution in [0.25, 0.3) is 0 Å². The number of nitrogens with zero attached hydrogens (tertiary/aromatic N) is 1. The maximum atomic E-state index is 11.9. The van der Waals surface area contributed by atoms with Crippen LogP contribution < -0.4 is 0 Å². The molecule has 0 aromatic rings. The molecule has 4 atom stereocenters. The zero-order valence-corrected chi connectivity index (χ0v) is 9.54. The largest absolute Gasteiger partial charge is 0.394 e. The molecule has 1 heterocycles. The molecular weight excluding hydrogens is 214 g/mol. The minimum absolute atomic E-state index is 0.354. The first-order chi connectivity index (χ1) is 7.56. The van der Waals surface area contributed by atoms with Crippen LogP contribution in [0.2, 0.25) is 0 Å². The van der Waals surface area contributed by atoms with E-state index < -0.39 is 31.0 Å². The topological polar surface area (TPSA) is 90.2 Å². The molecule has 0 bridgehead atoms. The number of hydrogen-bond donors (Lipinski definition) is 3. The van der Waals surface area contributed by atoms with Crippen molar-refractivity contribution in [1.29, 1.82) is 0 Å². The number of likely N-dealkylation sites (N-methyl/N-ethyl adjacent to an activating group) is 1. The summed E-state index contributed by atoms with van der Waals surface area (Å²) in [5.74, 6) is -0.354. The van der Waals surface area contributed by atoms with Crippen LogP contribution in [0.1, 0.15) is 13.8 Å². The third-order valence-electron chi connectivity index (χ3n) is 2.86. The molecule has 16 heavy (non-hydrogen) atoms. The van der Waals surface area contributed by atoms with Crippen LogP contribution in [0, 0.1) is 0 Å². The predicted molar refractivity (Wildman–Crippen MR) is 55.7 cm³/mol. The molecule has 1 aliphatic rings. The van der Waals surface area contributed by atoms with E-state index in [4.69, 9.17) is 9.84 Å². The molecule has 1 saturated heterocycles. The summed E-state index contributed by atoms with van der Waals surface area (Å²) in [4.78, 5) is 13.4. The second kappa shape index (κ2) is 5.58. The van der Waals surface area contributed by atoms with Crippen molar-refractivity contribution in [2.45, 2.75) is 38.3 Å². The van der Waals surface area contributed by atoms with Crippen molar-refractivity contribution >= 4 is 5.91 Å². The van der Waals surface area contributed by atoms with Gasteiger partial charge in [-0.1, -0.05) is 0 Å². The molecule has 0 spiro atoms. The monoisotopic (exact) mass is 233 g/mol. The standard InChI is InChI=1S/C10H19NO5/c1-3-11(4-2)10(15)9-8(14)7(13)6(5-12)16-9/h6-9,12-14H,3-5H2,1-2H3/t6-,7-,8+,9-/m1/s1. The maximum absolute atomic E-state index is 11.9. The van der Waals surface area contributed by atoms with Crippen molar-refractivity contribution in [3.63, 3.8) is 0 Å². The third kappa shape index (κ3) is 2.35. The normalized spacial score (nSPS) is 34.1. The van der Waals surface area contributed by atoms with Crippen LogP contribution in [-0.2, 0) is 9.53 Å². The van der Waals surface area contributed by atoms with E-state index in [9.17, 15) is 15.0 Å². The van der Waals surface area contributed by atoms with Crippen LogP contribution in [0.3, 0.4) is 0 Å². The average Bonchev–Trinajstić information content (AvgIpc) is 2.57. The van der Waals surface area contributed by atoms with Gasteiger partial charge in [-0.15, -0.1) is 0 Å². The molecule has 0 radical (unpaired) electrons. The van der Waals surface area contributed by atoms with Crippen LogP contribution >= 0.6 is 0 Å². The van der Waals surface area contributed by atoms with Crippen molar-refractivity contribution in [2.75, 3.05) is 19.7 Å². The van der Waals surface area contributed by atoms with E-state index >= 15 is 0 Å². The van der Waals surface area contributed by atoms with Gasteiger partial charge in [0.1, 0.15) is 18.3 Å². The number of hydrogen-bond acceptors (Lipinski definition) is 5. The van der Waals surface area contributed by atoms with Gasteiger partial charge in [0.15, 0.2) is 6.10 Å². The predicted octanol–water partition coefficient (Wildman–Crippen LogP) is -1.66. The molecule has 0 unspecified atom stereocenters. The lowest BCUT2D eigenvalue weighted by Gasteiger charge is -2.23. The van der Waals surface area contributed by atoms with Gasteiger partial charge in [-0.05, 0) is 13.8 Å². The number of rotatable bonds is 4. The number of carbonyl (C=O) groups is 1. The van der Waals surface area contributed by atoms with Gasteiger partial charge in [-0.2, -0.15) is 0 Å². The van der Waals surface area contributed by atoms with E-state index in [1.54, 1.807) is 0 Å². The molecule has 1 rings (SSSR count). The Morgan fingerprint density at radius 1 is 1.25 bits per heavy atom. The summed E-state index contributed by atoms with van der Waals surface area (Å²) >= 11 is 0. The number of aliphatic hydroxyl groups is 3. The van der Waals surface area contributed by atoms with E-state index in [0.717, 1.165) is 0 Å². The molecular formula is C10H19NO5. The van der Waals surface area contributed by atoms with E-state index in [2.05, 4.69) is 0 Å². The third-order valence-corrected chi connectivity index (χ3v) is 2.86. The van der Waals surface area contributed by atoms with Gasteiger partial charge in [0, 0.05) is 13.1 Å². The fourth-order valence-corrected chi connectivity index (χ4v) is 1.82. The van der Waals surface area contributed by atoms with E-state index in [-0.39, 0.29) is 5.91 Å². The first-order valence-corrected chi connectivity index (χ1v) is 5.48. The average molecular weight is 233 g/mol. The van der Waals surface area contributed by atoms with E-state index in [1.807, 2.05) is 13.8 Å². The fourth-order valence-electron chi connectivity index (χ4n) is 1.82.